The van der Waals surface area contributed by atoms with Crippen LogP contribution in [-0.4, -0.2) is 24.5 Å². The lowest BCUT2D eigenvalue weighted by atomic mass is 9.82. The first-order chi connectivity index (χ1) is 6.23. The highest BCUT2D eigenvalue weighted by atomic mass is 16.2. The Kier molecular flexibility index (Phi) is 2.28. The molecule has 1 heterocycles. The predicted octanol–water partition coefficient (Wildman–Crippen LogP) is 0.655. The second-order valence-electron chi connectivity index (χ2n) is 4.37. The summed E-state index contributed by atoms with van der Waals surface area (Å²) < 4.78 is 0. The van der Waals surface area contributed by atoms with Crippen LogP contribution < -0.4 is 10.6 Å². The summed E-state index contributed by atoms with van der Waals surface area (Å²) in [6.45, 7) is 3.75. The van der Waals surface area contributed by atoms with Crippen LogP contribution in [0.4, 0.5) is 0 Å². The fourth-order valence-corrected chi connectivity index (χ4v) is 2.59. The zero-order valence-electron chi connectivity index (χ0n) is 8.23. The molecular weight excluding hydrogens is 164 g/mol. The molecule has 13 heavy (non-hydrogen) atoms. The van der Waals surface area contributed by atoms with E-state index in [4.69, 9.17) is 0 Å². The maximum atomic E-state index is 11.7. The molecule has 1 aliphatic carbocycles. The highest BCUT2D eigenvalue weighted by molar-refractivity contribution is 5.87. The van der Waals surface area contributed by atoms with Crippen LogP contribution in [0.5, 0.6) is 0 Å². The largest absolute Gasteiger partial charge is 0.353 e. The van der Waals surface area contributed by atoms with Gasteiger partial charge in [-0.1, -0.05) is 12.8 Å². The molecule has 1 aliphatic heterocycles. The quantitative estimate of drug-likeness (QED) is 0.625. The van der Waals surface area contributed by atoms with Crippen LogP contribution in [0.15, 0.2) is 0 Å². The molecule has 2 fully saturated rings. The number of rotatable bonds is 1. The van der Waals surface area contributed by atoms with E-state index in [9.17, 15) is 4.79 Å². The number of nitrogens with one attached hydrogen (secondary N) is 2. The zero-order valence-corrected chi connectivity index (χ0v) is 8.23. The highest BCUT2D eigenvalue weighted by Crippen LogP contribution is 2.34. The molecule has 1 atom stereocenters. The van der Waals surface area contributed by atoms with Crippen molar-refractivity contribution in [1.82, 2.24) is 10.6 Å². The Labute approximate surface area is 79.3 Å². The van der Waals surface area contributed by atoms with Crippen molar-refractivity contribution in [3.8, 4) is 0 Å². The monoisotopic (exact) mass is 182 g/mol. The van der Waals surface area contributed by atoms with Gasteiger partial charge >= 0.3 is 0 Å². The van der Waals surface area contributed by atoms with Crippen molar-refractivity contribution in [3.63, 3.8) is 0 Å². The van der Waals surface area contributed by atoms with Gasteiger partial charge in [-0.3, -0.25) is 4.79 Å². The Balaban J connectivity index is 2.11. The number of hydrogen-bond donors (Lipinski definition) is 2. The van der Waals surface area contributed by atoms with Gasteiger partial charge in [-0.25, -0.2) is 0 Å². The zero-order chi connectivity index (χ0) is 9.31. The third-order valence-electron chi connectivity index (χ3n) is 3.55. The van der Waals surface area contributed by atoms with Crippen LogP contribution in [0.1, 0.15) is 32.6 Å². The minimum Gasteiger partial charge on any atom is -0.353 e. The molecule has 0 spiro atoms. The maximum Gasteiger partial charge on any atom is 0.240 e. The number of carbonyl (C=O) groups is 1. The molecule has 0 aromatic carbocycles. The number of carbonyl (C=O) groups excluding carboxylic acids is 1. The van der Waals surface area contributed by atoms with Crippen molar-refractivity contribution in [2.24, 2.45) is 5.92 Å². The molecular formula is C10H18N2O. The Bertz CT molecular complexity index is 211. The Morgan fingerprint density at radius 2 is 2.00 bits per heavy atom. The summed E-state index contributed by atoms with van der Waals surface area (Å²) in [7, 11) is 0. The average molecular weight is 182 g/mol. The Morgan fingerprint density at radius 1 is 1.31 bits per heavy atom. The van der Waals surface area contributed by atoms with E-state index in [1.165, 1.54) is 25.7 Å². The molecule has 1 amide bonds. The average Bonchev–Trinajstić information content (AvgIpc) is 2.63. The lowest BCUT2D eigenvalue weighted by molar-refractivity contribution is -0.130. The lowest BCUT2D eigenvalue weighted by Gasteiger charge is -2.38. The topological polar surface area (TPSA) is 41.1 Å². The van der Waals surface area contributed by atoms with Gasteiger partial charge in [0.15, 0.2) is 0 Å². The summed E-state index contributed by atoms with van der Waals surface area (Å²) in [6.07, 6.45) is 4.98. The van der Waals surface area contributed by atoms with Crippen LogP contribution in [-0.2, 0) is 4.79 Å². The van der Waals surface area contributed by atoms with Crippen LogP contribution in [0.3, 0.4) is 0 Å². The van der Waals surface area contributed by atoms with Crippen molar-refractivity contribution in [2.75, 3.05) is 13.1 Å². The normalized spacial score (nSPS) is 36.2. The van der Waals surface area contributed by atoms with Crippen molar-refractivity contribution in [1.29, 1.82) is 0 Å². The third kappa shape index (κ3) is 1.46. The van der Waals surface area contributed by atoms with Crippen LogP contribution in [0, 0.1) is 5.92 Å². The second kappa shape index (κ2) is 3.29. The summed E-state index contributed by atoms with van der Waals surface area (Å²) in [5.74, 6) is 0.749. The molecule has 0 bridgehead atoms. The van der Waals surface area contributed by atoms with Gasteiger partial charge in [0.25, 0.3) is 0 Å². The molecule has 1 saturated heterocycles. The second-order valence-corrected chi connectivity index (χ2v) is 4.37. The summed E-state index contributed by atoms with van der Waals surface area (Å²) >= 11 is 0. The number of amides is 1. The SMILES string of the molecule is CC1(C2CCCC2)NCCNC1=O. The van der Waals surface area contributed by atoms with Crippen LogP contribution in [0.2, 0.25) is 0 Å². The van der Waals surface area contributed by atoms with E-state index in [1.54, 1.807) is 0 Å². The van der Waals surface area contributed by atoms with Crippen molar-refractivity contribution >= 4 is 5.91 Å². The first-order valence-electron chi connectivity index (χ1n) is 5.27. The summed E-state index contributed by atoms with van der Waals surface area (Å²) in [4.78, 5) is 11.7. The van der Waals surface area contributed by atoms with Gasteiger partial charge in [-0.05, 0) is 25.7 Å². The van der Waals surface area contributed by atoms with E-state index in [0.717, 1.165) is 13.1 Å². The molecule has 2 N–H and O–H groups in total. The fraction of sp³-hybridized carbons (Fsp3) is 0.900. The van der Waals surface area contributed by atoms with Gasteiger partial charge in [-0.15, -0.1) is 0 Å². The molecule has 74 valence electrons. The molecule has 3 heteroatoms. The summed E-state index contributed by atoms with van der Waals surface area (Å²) in [5.41, 5.74) is -0.283. The smallest absolute Gasteiger partial charge is 0.240 e. The van der Waals surface area contributed by atoms with Gasteiger partial charge < -0.3 is 10.6 Å². The molecule has 3 nitrogen and oxygen atoms in total. The minimum absolute atomic E-state index is 0.200. The molecule has 0 radical (unpaired) electrons. The van der Waals surface area contributed by atoms with E-state index in [1.807, 2.05) is 0 Å². The Morgan fingerprint density at radius 3 is 2.62 bits per heavy atom. The first-order valence-corrected chi connectivity index (χ1v) is 5.27. The van der Waals surface area contributed by atoms with E-state index in [2.05, 4.69) is 17.6 Å². The van der Waals surface area contributed by atoms with E-state index >= 15 is 0 Å². The van der Waals surface area contributed by atoms with Gasteiger partial charge in [0.05, 0.1) is 5.54 Å². The van der Waals surface area contributed by atoms with Gasteiger partial charge in [0, 0.05) is 13.1 Å². The van der Waals surface area contributed by atoms with Crippen molar-refractivity contribution in [3.05, 3.63) is 0 Å². The summed E-state index contributed by atoms with van der Waals surface area (Å²) in [6, 6.07) is 0. The fourth-order valence-electron chi connectivity index (χ4n) is 2.59. The molecule has 2 rings (SSSR count). The third-order valence-corrected chi connectivity index (χ3v) is 3.55. The van der Waals surface area contributed by atoms with Gasteiger partial charge in [0.2, 0.25) is 5.91 Å². The van der Waals surface area contributed by atoms with Gasteiger partial charge in [0.1, 0.15) is 0 Å². The molecule has 1 unspecified atom stereocenters. The minimum atomic E-state index is -0.283. The summed E-state index contributed by atoms with van der Waals surface area (Å²) in [5, 5.41) is 6.32. The van der Waals surface area contributed by atoms with E-state index in [-0.39, 0.29) is 11.4 Å². The van der Waals surface area contributed by atoms with E-state index < -0.39 is 0 Å². The van der Waals surface area contributed by atoms with Crippen molar-refractivity contribution in [2.45, 2.75) is 38.1 Å². The predicted molar refractivity (Wildman–Crippen MR) is 51.4 cm³/mol. The molecule has 0 aromatic rings. The lowest BCUT2D eigenvalue weighted by Crippen LogP contribution is -2.64. The number of hydrogen-bond acceptors (Lipinski definition) is 2. The van der Waals surface area contributed by atoms with E-state index in [0.29, 0.717) is 5.92 Å². The first kappa shape index (κ1) is 9.00. The molecule has 0 aromatic heterocycles. The highest BCUT2D eigenvalue weighted by Gasteiger charge is 2.43. The van der Waals surface area contributed by atoms with Crippen LogP contribution in [0.25, 0.3) is 0 Å². The van der Waals surface area contributed by atoms with Crippen molar-refractivity contribution < 1.29 is 4.79 Å². The van der Waals surface area contributed by atoms with Crippen LogP contribution >= 0.6 is 0 Å². The van der Waals surface area contributed by atoms with Gasteiger partial charge in [-0.2, -0.15) is 0 Å². The molecule has 1 saturated carbocycles. The standard InChI is InChI=1S/C10H18N2O/c1-10(8-4-2-3-5-8)9(13)11-6-7-12-10/h8,12H,2-7H2,1H3,(H,11,13). The Hall–Kier alpha value is -0.570. The number of piperazine rings is 1. The maximum absolute atomic E-state index is 11.7. The molecule has 2 aliphatic rings.